The fourth-order valence-electron chi connectivity index (χ4n) is 2.28. The van der Waals surface area contributed by atoms with E-state index in [0.29, 0.717) is 6.61 Å². The molecule has 1 nitrogen and oxygen atoms in total. The average molecular weight is 190 g/mol. The van der Waals surface area contributed by atoms with Crippen LogP contribution in [0.25, 0.3) is 0 Å². The molecular weight excluding hydrogens is 172 g/mol. The predicted octanol–water partition coefficient (Wildman–Crippen LogP) is 2.70. The van der Waals surface area contributed by atoms with Gasteiger partial charge in [-0.25, -0.2) is 0 Å². The Hall–Kier alpha value is -0.820. The van der Waals surface area contributed by atoms with E-state index in [4.69, 9.17) is 0 Å². The largest absolute Gasteiger partial charge is 0.396 e. The zero-order chi connectivity index (χ0) is 10.0. The van der Waals surface area contributed by atoms with E-state index in [-0.39, 0.29) is 5.41 Å². The third kappa shape index (κ3) is 1.69. The summed E-state index contributed by atoms with van der Waals surface area (Å²) in [6, 6.07) is 8.50. The van der Waals surface area contributed by atoms with Crippen LogP contribution >= 0.6 is 0 Å². The molecule has 1 saturated carbocycles. The first-order valence-electron chi connectivity index (χ1n) is 5.41. The minimum atomic E-state index is 0.214. The molecule has 1 aromatic rings. The topological polar surface area (TPSA) is 20.2 Å². The van der Waals surface area contributed by atoms with Gasteiger partial charge in [0.2, 0.25) is 0 Å². The van der Waals surface area contributed by atoms with Gasteiger partial charge >= 0.3 is 0 Å². The first-order chi connectivity index (χ1) is 6.76. The zero-order valence-electron chi connectivity index (χ0n) is 8.79. The second-order valence-corrected chi connectivity index (χ2v) is 4.61. The van der Waals surface area contributed by atoms with Crippen molar-refractivity contribution in [2.75, 3.05) is 6.61 Å². The van der Waals surface area contributed by atoms with Gasteiger partial charge in [0.05, 0.1) is 0 Å². The van der Waals surface area contributed by atoms with Gasteiger partial charge < -0.3 is 5.11 Å². The van der Waals surface area contributed by atoms with Gasteiger partial charge in [-0.1, -0.05) is 30.7 Å². The van der Waals surface area contributed by atoms with Gasteiger partial charge in [0, 0.05) is 6.61 Å². The highest BCUT2D eigenvalue weighted by Gasteiger charge is 2.36. The average Bonchev–Trinajstić information content (AvgIpc) is 2.14. The summed E-state index contributed by atoms with van der Waals surface area (Å²) in [5, 5.41) is 9.39. The summed E-state index contributed by atoms with van der Waals surface area (Å²) >= 11 is 0. The van der Waals surface area contributed by atoms with Crippen molar-refractivity contribution in [3.05, 3.63) is 35.4 Å². The van der Waals surface area contributed by atoms with Gasteiger partial charge in [-0.15, -0.1) is 0 Å². The maximum absolute atomic E-state index is 9.39. The third-order valence-electron chi connectivity index (χ3n) is 3.58. The van der Waals surface area contributed by atoms with Crippen LogP contribution in [0, 0.1) is 12.3 Å². The second-order valence-electron chi connectivity index (χ2n) is 4.61. The number of rotatable bonds is 3. The summed E-state index contributed by atoms with van der Waals surface area (Å²) in [6.45, 7) is 2.50. The van der Waals surface area contributed by atoms with Crippen LogP contribution < -0.4 is 0 Å². The van der Waals surface area contributed by atoms with Crippen LogP contribution in [-0.2, 0) is 6.42 Å². The number of aliphatic hydroxyl groups is 1. The van der Waals surface area contributed by atoms with Crippen molar-refractivity contribution in [1.82, 2.24) is 0 Å². The summed E-state index contributed by atoms with van der Waals surface area (Å²) in [4.78, 5) is 0. The minimum absolute atomic E-state index is 0.214. The van der Waals surface area contributed by atoms with Crippen LogP contribution in [0.2, 0.25) is 0 Å². The van der Waals surface area contributed by atoms with Crippen molar-refractivity contribution in [1.29, 1.82) is 0 Å². The maximum atomic E-state index is 9.39. The van der Waals surface area contributed by atoms with E-state index >= 15 is 0 Å². The van der Waals surface area contributed by atoms with Crippen LogP contribution in [-0.4, -0.2) is 11.7 Å². The van der Waals surface area contributed by atoms with Gasteiger partial charge in [-0.2, -0.15) is 0 Å². The van der Waals surface area contributed by atoms with Crippen LogP contribution in [0.3, 0.4) is 0 Å². The zero-order valence-corrected chi connectivity index (χ0v) is 8.79. The number of benzene rings is 1. The molecule has 0 amide bonds. The second kappa shape index (κ2) is 3.74. The summed E-state index contributed by atoms with van der Waals surface area (Å²) in [5.74, 6) is 0. The van der Waals surface area contributed by atoms with Crippen LogP contribution in [0.5, 0.6) is 0 Å². The molecular formula is C13H18O. The Kier molecular flexibility index (Phi) is 2.60. The fraction of sp³-hybridized carbons (Fsp3) is 0.538. The molecule has 2 rings (SSSR count). The highest BCUT2D eigenvalue weighted by Crippen LogP contribution is 2.43. The molecule has 0 saturated heterocycles. The number of aliphatic hydroxyl groups excluding tert-OH is 1. The lowest BCUT2D eigenvalue weighted by molar-refractivity contribution is 0.0449. The van der Waals surface area contributed by atoms with E-state index in [1.165, 1.54) is 30.4 Å². The highest BCUT2D eigenvalue weighted by molar-refractivity contribution is 5.27. The Balaban J connectivity index is 2.13. The van der Waals surface area contributed by atoms with Gasteiger partial charge in [0.25, 0.3) is 0 Å². The van der Waals surface area contributed by atoms with Crippen molar-refractivity contribution in [3.8, 4) is 0 Å². The van der Waals surface area contributed by atoms with Crippen LogP contribution in [0.4, 0.5) is 0 Å². The number of hydrogen-bond donors (Lipinski definition) is 1. The normalized spacial score (nSPS) is 19.0. The molecule has 1 aliphatic rings. The molecule has 0 aliphatic heterocycles. The summed E-state index contributed by atoms with van der Waals surface area (Å²) in [6.07, 6.45) is 4.72. The van der Waals surface area contributed by atoms with Crippen molar-refractivity contribution in [2.24, 2.45) is 5.41 Å². The lowest BCUT2D eigenvalue weighted by Gasteiger charge is -2.40. The van der Waals surface area contributed by atoms with Gasteiger partial charge in [0.15, 0.2) is 0 Å². The molecule has 14 heavy (non-hydrogen) atoms. The maximum Gasteiger partial charge on any atom is 0.0490 e. The Morgan fingerprint density at radius 3 is 2.50 bits per heavy atom. The van der Waals surface area contributed by atoms with Gasteiger partial charge in [-0.3, -0.25) is 0 Å². The smallest absolute Gasteiger partial charge is 0.0490 e. The summed E-state index contributed by atoms with van der Waals surface area (Å²) < 4.78 is 0. The Morgan fingerprint density at radius 2 is 2.00 bits per heavy atom. The first-order valence-corrected chi connectivity index (χ1v) is 5.41. The number of aryl methyl sites for hydroxylation is 1. The molecule has 0 radical (unpaired) electrons. The van der Waals surface area contributed by atoms with E-state index in [1.54, 1.807) is 0 Å². The van der Waals surface area contributed by atoms with E-state index in [2.05, 4.69) is 31.2 Å². The monoisotopic (exact) mass is 190 g/mol. The molecule has 76 valence electrons. The summed E-state index contributed by atoms with van der Waals surface area (Å²) in [5.41, 5.74) is 2.97. The molecule has 0 bridgehead atoms. The van der Waals surface area contributed by atoms with Gasteiger partial charge in [0.1, 0.15) is 0 Å². The lowest BCUT2D eigenvalue weighted by atomic mass is 9.65. The third-order valence-corrected chi connectivity index (χ3v) is 3.58. The minimum Gasteiger partial charge on any atom is -0.396 e. The molecule has 1 aromatic carbocycles. The quantitative estimate of drug-likeness (QED) is 0.777. The molecule has 1 N–H and O–H groups in total. The fourth-order valence-corrected chi connectivity index (χ4v) is 2.28. The van der Waals surface area contributed by atoms with Crippen molar-refractivity contribution in [2.45, 2.75) is 32.6 Å². The molecule has 0 atom stereocenters. The standard InChI is InChI=1S/C13H18O/c1-11-5-2-3-6-12(11)9-13(10-14)7-4-8-13/h2-3,5-6,14H,4,7-10H2,1H3. The molecule has 0 heterocycles. The Morgan fingerprint density at radius 1 is 1.29 bits per heavy atom. The molecule has 1 aliphatic carbocycles. The van der Waals surface area contributed by atoms with E-state index in [1.807, 2.05) is 0 Å². The first kappa shape index (κ1) is 9.72. The van der Waals surface area contributed by atoms with Gasteiger partial charge in [-0.05, 0) is 42.7 Å². The molecule has 0 unspecified atom stereocenters. The van der Waals surface area contributed by atoms with Crippen LogP contribution in [0.1, 0.15) is 30.4 Å². The predicted molar refractivity (Wildman–Crippen MR) is 58.3 cm³/mol. The molecule has 0 aromatic heterocycles. The van der Waals surface area contributed by atoms with E-state index < -0.39 is 0 Å². The Labute approximate surface area is 85.8 Å². The lowest BCUT2D eigenvalue weighted by Crippen LogP contribution is -2.35. The molecule has 1 heteroatoms. The van der Waals surface area contributed by atoms with Crippen molar-refractivity contribution < 1.29 is 5.11 Å². The Bertz CT molecular complexity index is 307. The molecule has 1 fully saturated rings. The van der Waals surface area contributed by atoms with E-state index in [9.17, 15) is 5.11 Å². The molecule has 0 spiro atoms. The van der Waals surface area contributed by atoms with Crippen molar-refractivity contribution >= 4 is 0 Å². The number of hydrogen-bond acceptors (Lipinski definition) is 1. The summed E-state index contributed by atoms with van der Waals surface area (Å²) in [7, 11) is 0. The van der Waals surface area contributed by atoms with E-state index in [0.717, 1.165) is 6.42 Å². The highest BCUT2D eigenvalue weighted by atomic mass is 16.3. The SMILES string of the molecule is Cc1ccccc1CC1(CO)CCC1. The van der Waals surface area contributed by atoms with Crippen LogP contribution in [0.15, 0.2) is 24.3 Å². The van der Waals surface area contributed by atoms with Crippen molar-refractivity contribution in [3.63, 3.8) is 0 Å².